The molecular weight excluding hydrogens is 310 g/mol. The topological polar surface area (TPSA) is 59.3 Å². The summed E-state index contributed by atoms with van der Waals surface area (Å²) in [6.07, 6.45) is 4.17. The highest BCUT2D eigenvalue weighted by Crippen LogP contribution is 2.37. The molecule has 2 heterocycles. The average Bonchev–Trinajstić information content (AvgIpc) is 3.12. The number of hydrogen-bond donors (Lipinski definition) is 1. The van der Waals surface area contributed by atoms with E-state index in [0.29, 0.717) is 24.2 Å². The number of fused-ring (bicyclic) bond motifs is 1. The fraction of sp³-hybridized carbons (Fsp3) is 0.222. The summed E-state index contributed by atoms with van der Waals surface area (Å²) in [5.41, 5.74) is 2.89. The lowest BCUT2D eigenvalue weighted by Gasteiger charge is -2.08. The molecule has 3 rings (SSSR count). The van der Waals surface area contributed by atoms with Crippen LogP contribution in [-0.4, -0.2) is 27.7 Å². The van der Waals surface area contributed by atoms with Crippen LogP contribution in [0.25, 0.3) is 6.08 Å². The van der Waals surface area contributed by atoms with E-state index in [9.17, 15) is 14.7 Å². The van der Waals surface area contributed by atoms with Gasteiger partial charge < -0.3 is 9.67 Å². The molecule has 0 amide bonds. The minimum absolute atomic E-state index is 0.0674. The van der Waals surface area contributed by atoms with Gasteiger partial charge in [0.2, 0.25) is 5.78 Å². The third-order valence-electron chi connectivity index (χ3n) is 4.23. The molecule has 1 N–H and O–H groups in total. The van der Waals surface area contributed by atoms with E-state index >= 15 is 0 Å². The van der Waals surface area contributed by atoms with E-state index in [1.54, 1.807) is 18.2 Å². The van der Waals surface area contributed by atoms with E-state index in [1.165, 1.54) is 11.8 Å². The number of carbonyl (C=O) groups excluding carboxylic acids is 1. The Morgan fingerprint density at radius 1 is 1.35 bits per heavy atom. The number of thioether (sulfide) groups is 1. The molecule has 1 unspecified atom stereocenters. The summed E-state index contributed by atoms with van der Waals surface area (Å²) in [4.78, 5) is 25.1. The van der Waals surface area contributed by atoms with Gasteiger partial charge in [0.25, 0.3) is 0 Å². The second-order valence-corrected chi connectivity index (χ2v) is 6.32. The number of carboxylic acids is 1. The molecular formula is C18H17NO3S. The van der Waals surface area contributed by atoms with Crippen molar-refractivity contribution in [2.24, 2.45) is 0 Å². The second-order valence-electron chi connectivity index (χ2n) is 5.47. The van der Waals surface area contributed by atoms with Gasteiger partial charge in [0.15, 0.2) is 0 Å². The molecule has 0 radical (unpaired) electrons. The number of carboxylic acid groups (broad SMARTS) is 1. The van der Waals surface area contributed by atoms with E-state index in [0.717, 1.165) is 16.2 Å². The van der Waals surface area contributed by atoms with Crippen LogP contribution < -0.4 is 0 Å². The molecule has 0 bridgehead atoms. The van der Waals surface area contributed by atoms with Crippen molar-refractivity contribution in [1.82, 2.24) is 4.57 Å². The minimum atomic E-state index is -0.830. The van der Waals surface area contributed by atoms with Crippen LogP contribution in [0.5, 0.6) is 0 Å². The molecule has 1 aromatic heterocycles. The number of hydrogen-bond acceptors (Lipinski definition) is 3. The zero-order valence-corrected chi connectivity index (χ0v) is 13.6. The van der Waals surface area contributed by atoms with Crippen molar-refractivity contribution in [2.75, 3.05) is 6.26 Å². The molecule has 0 saturated carbocycles. The molecule has 0 spiro atoms. The van der Waals surface area contributed by atoms with Gasteiger partial charge in [0.1, 0.15) is 5.69 Å². The highest BCUT2D eigenvalue weighted by Gasteiger charge is 2.34. The van der Waals surface area contributed by atoms with Crippen LogP contribution in [0.15, 0.2) is 41.8 Å². The van der Waals surface area contributed by atoms with Gasteiger partial charge in [0.05, 0.1) is 5.92 Å². The summed E-state index contributed by atoms with van der Waals surface area (Å²) in [5, 5.41) is 9.33. The predicted molar refractivity (Wildman–Crippen MR) is 91.2 cm³/mol. The Morgan fingerprint density at radius 3 is 2.61 bits per heavy atom. The fourth-order valence-electron chi connectivity index (χ4n) is 3.03. The molecule has 5 heteroatoms. The van der Waals surface area contributed by atoms with Crippen LogP contribution in [0.4, 0.5) is 0 Å². The van der Waals surface area contributed by atoms with Gasteiger partial charge in [-0.2, -0.15) is 0 Å². The normalized spacial score (nSPS) is 16.1. The molecule has 0 aliphatic carbocycles. The smallest absolute Gasteiger partial charge is 0.312 e. The van der Waals surface area contributed by atoms with Crippen LogP contribution in [0.2, 0.25) is 0 Å². The summed E-state index contributed by atoms with van der Waals surface area (Å²) >= 11 is 1.47. The highest BCUT2D eigenvalue weighted by atomic mass is 32.2. The Morgan fingerprint density at radius 2 is 2.04 bits per heavy atom. The van der Waals surface area contributed by atoms with E-state index in [2.05, 4.69) is 6.58 Å². The summed E-state index contributed by atoms with van der Waals surface area (Å²) in [6.45, 7) is 4.27. The summed E-state index contributed by atoms with van der Waals surface area (Å²) < 4.78 is 1.87. The monoisotopic (exact) mass is 327 g/mol. The van der Waals surface area contributed by atoms with Crippen LogP contribution in [-0.2, 0) is 11.3 Å². The number of rotatable bonds is 5. The van der Waals surface area contributed by atoms with Crippen molar-refractivity contribution in [2.45, 2.75) is 23.8 Å². The van der Waals surface area contributed by atoms with Gasteiger partial charge in [-0.25, -0.2) is 0 Å². The first-order valence-electron chi connectivity index (χ1n) is 7.34. The Hall–Kier alpha value is -2.27. The average molecular weight is 327 g/mol. The maximum absolute atomic E-state index is 12.9. The lowest BCUT2D eigenvalue weighted by atomic mass is 10.0. The van der Waals surface area contributed by atoms with Crippen molar-refractivity contribution < 1.29 is 14.7 Å². The Balaban J connectivity index is 2.05. The van der Waals surface area contributed by atoms with Gasteiger partial charge in [0, 0.05) is 22.7 Å². The number of aromatic nitrogens is 1. The van der Waals surface area contributed by atoms with Crippen molar-refractivity contribution in [3.63, 3.8) is 0 Å². The van der Waals surface area contributed by atoms with E-state index in [1.807, 2.05) is 29.0 Å². The van der Waals surface area contributed by atoms with E-state index in [-0.39, 0.29) is 5.78 Å². The van der Waals surface area contributed by atoms with Gasteiger partial charge >= 0.3 is 5.97 Å². The van der Waals surface area contributed by atoms with Crippen molar-refractivity contribution in [3.8, 4) is 0 Å². The molecule has 4 nitrogen and oxygen atoms in total. The zero-order chi connectivity index (χ0) is 16.6. The molecule has 1 aliphatic heterocycles. The molecule has 0 saturated heterocycles. The van der Waals surface area contributed by atoms with Gasteiger partial charge in [-0.3, -0.25) is 9.59 Å². The van der Waals surface area contributed by atoms with E-state index in [4.69, 9.17) is 0 Å². The summed E-state index contributed by atoms with van der Waals surface area (Å²) in [7, 11) is 0. The predicted octanol–water partition coefficient (Wildman–Crippen LogP) is 3.66. The van der Waals surface area contributed by atoms with Gasteiger partial charge in [-0.1, -0.05) is 36.9 Å². The molecule has 0 fully saturated rings. The molecule has 2 aromatic rings. The van der Waals surface area contributed by atoms with E-state index < -0.39 is 11.9 Å². The van der Waals surface area contributed by atoms with Crippen LogP contribution in [0.1, 0.15) is 39.6 Å². The molecule has 1 aromatic carbocycles. The second kappa shape index (κ2) is 6.08. The first-order chi connectivity index (χ1) is 11.1. The lowest BCUT2D eigenvalue weighted by molar-refractivity contribution is -0.138. The van der Waals surface area contributed by atoms with Gasteiger partial charge in [-0.05, 0) is 24.3 Å². The standard InChI is InChI=1S/C18H17NO3S/c1-3-11-4-6-12(7-5-11)17(20)16-15(23-2)10-14-13(18(21)22)8-9-19(14)16/h3-7,10,13H,1,8-9H2,2H3,(H,21,22). The number of nitrogens with zero attached hydrogens (tertiary/aromatic N) is 1. The van der Waals surface area contributed by atoms with Gasteiger partial charge in [-0.15, -0.1) is 11.8 Å². The molecule has 118 valence electrons. The maximum atomic E-state index is 12.9. The minimum Gasteiger partial charge on any atom is -0.481 e. The number of benzene rings is 1. The van der Waals surface area contributed by atoms with Crippen molar-refractivity contribution in [3.05, 3.63) is 59.4 Å². The number of aliphatic carboxylic acids is 1. The molecule has 1 atom stereocenters. The first-order valence-corrected chi connectivity index (χ1v) is 8.56. The molecule has 1 aliphatic rings. The Bertz CT molecular complexity index is 789. The van der Waals surface area contributed by atoms with Crippen LogP contribution >= 0.6 is 11.8 Å². The van der Waals surface area contributed by atoms with Crippen molar-refractivity contribution >= 4 is 29.6 Å². The number of carbonyl (C=O) groups is 2. The largest absolute Gasteiger partial charge is 0.481 e. The SMILES string of the molecule is C=Cc1ccc(C(=O)c2c(SC)cc3n2CCC3C(=O)O)cc1. The third kappa shape index (κ3) is 2.61. The number of ketones is 1. The fourth-order valence-corrected chi connectivity index (χ4v) is 3.66. The Labute approximate surface area is 138 Å². The summed E-state index contributed by atoms with van der Waals surface area (Å²) in [6, 6.07) is 9.13. The first kappa shape index (κ1) is 15.6. The maximum Gasteiger partial charge on any atom is 0.312 e. The quantitative estimate of drug-likeness (QED) is 0.672. The van der Waals surface area contributed by atoms with Crippen LogP contribution in [0.3, 0.4) is 0 Å². The Kier molecular flexibility index (Phi) is 4.13. The summed E-state index contributed by atoms with van der Waals surface area (Å²) in [5.74, 6) is -1.42. The molecule has 23 heavy (non-hydrogen) atoms. The van der Waals surface area contributed by atoms with Crippen LogP contribution in [0, 0.1) is 0 Å². The third-order valence-corrected chi connectivity index (χ3v) is 4.99. The van der Waals surface area contributed by atoms with Crippen molar-refractivity contribution in [1.29, 1.82) is 0 Å². The highest BCUT2D eigenvalue weighted by molar-refractivity contribution is 7.98. The lowest BCUT2D eigenvalue weighted by Crippen LogP contribution is -2.10. The zero-order valence-electron chi connectivity index (χ0n) is 12.8.